The monoisotopic (exact) mass is 402 g/mol. The Morgan fingerprint density at radius 1 is 1.10 bits per heavy atom. The number of hydrogen-bond acceptors (Lipinski definition) is 3. The third-order valence-electron chi connectivity index (χ3n) is 5.27. The van der Waals surface area contributed by atoms with Crippen LogP contribution in [0.1, 0.15) is 35.7 Å². The highest BCUT2D eigenvalue weighted by atomic mass is 16.2. The van der Waals surface area contributed by atoms with Crippen molar-refractivity contribution in [2.45, 2.75) is 32.2 Å². The van der Waals surface area contributed by atoms with E-state index in [4.69, 9.17) is 5.10 Å². The van der Waals surface area contributed by atoms with Gasteiger partial charge in [-0.15, -0.1) is 0 Å². The van der Waals surface area contributed by atoms with Crippen LogP contribution in [0.4, 0.5) is 0 Å². The molecule has 4 rings (SSSR count). The predicted octanol–water partition coefficient (Wildman–Crippen LogP) is 3.45. The van der Waals surface area contributed by atoms with E-state index in [1.807, 2.05) is 42.5 Å². The van der Waals surface area contributed by atoms with Crippen LogP contribution in [0, 0.1) is 0 Å². The second-order valence-electron chi connectivity index (χ2n) is 7.72. The Kier molecular flexibility index (Phi) is 5.65. The molecule has 0 unspecified atom stereocenters. The van der Waals surface area contributed by atoms with Gasteiger partial charge in [-0.3, -0.25) is 9.59 Å². The molecular weight excluding hydrogens is 376 g/mol. The highest BCUT2D eigenvalue weighted by Crippen LogP contribution is 2.25. The molecule has 30 heavy (non-hydrogen) atoms. The summed E-state index contributed by atoms with van der Waals surface area (Å²) in [5.41, 5.74) is 4.06. The number of likely N-dealkylation sites (N-methyl/N-ethyl adjacent to an activating group) is 1. The number of amides is 2. The third-order valence-corrected chi connectivity index (χ3v) is 5.27. The summed E-state index contributed by atoms with van der Waals surface area (Å²) in [6, 6.07) is 18.1. The van der Waals surface area contributed by atoms with E-state index in [0.717, 1.165) is 30.5 Å². The summed E-state index contributed by atoms with van der Waals surface area (Å²) in [7, 11) is 1.65. The quantitative estimate of drug-likeness (QED) is 0.658. The number of rotatable bonds is 7. The van der Waals surface area contributed by atoms with Gasteiger partial charge in [-0.2, -0.15) is 5.10 Å². The lowest BCUT2D eigenvalue weighted by molar-refractivity contribution is -0.121. The van der Waals surface area contributed by atoms with Crippen molar-refractivity contribution >= 4 is 11.8 Å². The summed E-state index contributed by atoms with van der Waals surface area (Å²) in [4.78, 5) is 26.9. The zero-order valence-corrected chi connectivity index (χ0v) is 17.3. The number of hydrogen-bond donors (Lipinski definition) is 1. The zero-order chi connectivity index (χ0) is 21.1. The van der Waals surface area contributed by atoms with Crippen molar-refractivity contribution in [1.29, 1.82) is 0 Å². The molecule has 1 N–H and O–H groups in total. The highest BCUT2D eigenvalue weighted by Gasteiger charge is 2.26. The van der Waals surface area contributed by atoms with Crippen molar-refractivity contribution in [1.82, 2.24) is 20.0 Å². The number of nitrogens with one attached hydrogen (secondary N) is 1. The Morgan fingerprint density at radius 3 is 2.43 bits per heavy atom. The summed E-state index contributed by atoms with van der Waals surface area (Å²) < 4.78 is 1.72. The Labute approximate surface area is 176 Å². The van der Waals surface area contributed by atoms with Gasteiger partial charge in [0.2, 0.25) is 5.91 Å². The molecule has 3 aromatic rings. The van der Waals surface area contributed by atoms with Gasteiger partial charge in [0, 0.05) is 24.8 Å². The summed E-state index contributed by atoms with van der Waals surface area (Å²) in [5.74, 6) is -0.352. The van der Waals surface area contributed by atoms with Gasteiger partial charge in [-0.25, -0.2) is 4.68 Å². The molecule has 0 radical (unpaired) electrons. The number of nitrogens with zero attached hydrogens (tertiary/aromatic N) is 3. The Bertz CT molecular complexity index is 1040. The van der Waals surface area contributed by atoms with Crippen LogP contribution in [0.5, 0.6) is 0 Å². The molecule has 154 valence electrons. The molecule has 0 atom stereocenters. The van der Waals surface area contributed by atoms with Crippen LogP contribution >= 0.6 is 0 Å². The number of carbonyl (C=O) groups excluding carboxylic acids is 2. The average Bonchev–Trinajstić information content (AvgIpc) is 3.47. The minimum atomic E-state index is -0.224. The van der Waals surface area contributed by atoms with E-state index in [9.17, 15) is 9.59 Å². The van der Waals surface area contributed by atoms with Crippen LogP contribution in [0.2, 0.25) is 0 Å². The fraction of sp³-hybridized carbons (Fsp3) is 0.292. The second kappa shape index (κ2) is 8.53. The SMILES string of the molecule is CCc1ccc(-c2nn(-c3ccccc3)cc2C(=O)N(C)CC(=O)NC2CC2)cc1. The van der Waals surface area contributed by atoms with Crippen molar-refractivity contribution in [2.75, 3.05) is 13.6 Å². The first-order chi connectivity index (χ1) is 14.5. The van der Waals surface area contributed by atoms with Gasteiger partial charge in [0.05, 0.1) is 17.8 Å². The van der Waals surface area contributed by atoms with Gasteiger partial charge in [-0.05, 0) is 37.0 Å². The standard InChI is InChI=1S/C24H26N4O2/c1-3-17-9-11-18(12-10-17)23-21(15-28(26-23)20-7-5-4-6-8-20)24(30)27(2)16-22(29)25-19-13-14-19/h4-12,15,19H,3,13-14,16H2,1-2H3,(H,25,29). The number of para-hydroxylation sites is 1. The molecule has 1 fully saturated rings. The fourth-order valence-corrected chi connectivity index (χ4v) is 3.35. The number of aromatic nitrogens is 2. The molecular formula is C24H26N4O2. The van der Waals surface area contributed by atoms with Crippen molar-refractivity contribution in [3.8, 4) is 16.9 Å². The Morgan fingerprint density at radius 2 is 1.80 bits per heavy atom. The van der Waals surface area contributed by atoms with Gasteiger partial charge >= 0.3 is 0 Å². The lowest BCUT2D eigenvalue weighted by Crippen LogP contribution is -2.39. The maximum atomic E-state index is 13.2. The molecule has 1 heterocycles. The summed E-state index contributed by atoms with van der Waals surface area (Å²) >= 11 is 0. The first-order valence-corrected chi connectivity index (χ1v) is 10.3. The van der Waals surface area contributed by atoms with Crippen LogP contribution in [-0.4, -0.2) is 46.1 Å². The van der Waals surface area contributed by atoms with E-state index in [1.165, 1.54) is 10.5 Å². The van der Waals surface area contributed by atoms with Crippen molar-refractivity contribution in [3.05, 3.63) is 71.9 Å². The van der Waals surface area contributed by atoms with Gasteiger partial charge in [0.1, 0.15) is 5.69 Å². The number of carbonyl (C=O) groups is 2. The molecule has 2 aromatic carbocycles. The highest BCUT2D eigenvalue weighted by molar-refractivity contribution is 6.01. The lowest BCUT2D eigenvalue weighted by atomic mass is 10.0. The molecule has 0 aliphatic heterocycles. The van der Waals surface area contributed by atoms with E-state index in [0.29, 0.717) is 11.3 Å². The fourth-order valence-electron chi connectivity index (χ4n) is 3.35. The number of aryl methyl sites for hydroxylation is 1. The van der Waals surface area contributed by atoms with E-state index < -0.39 is 0 Å². The van der Waals surface area contributed by atoms with Gasteiger partial charge in [0.25, 0.3) is 5.91 Å². The van der Waals surface area contributed by atoms with Crippen molar-refractivity contribution in [2.24, 2.45) is 0 Å². The van der Waals surface area contributed by atoms with Crippen LogP contribution < -0.4 is 5.32 Å². The van der Waals surface area contributed by atoms with Crippen LogP contribution in [-0.2, 0) is 11.2 Å². The minimum Gasteiger partial charge on any atom is -0.352 e. The van der Waals surface area contributed by atoms with Crippen molar-refractivity contribution < 1.29 is 9.59 Å². The Balaban J connectivity index is 1.66. The lowest BCUT2D eigenvalue weighted by Gasteiger charge is -2.16. The zero-order valence-electron chi connectivity index (χ0n) is 17.3. The van der Waals surface area contributed by atoms with Crippen molar-refractivity contribution in [3.63, 3.8) is 0 Å². The summed E-state index contributed by atoms with van der Waals surface area (Å²) in [6.45, 7) is 2.13. The Hall–Kier alpha value is -3.41. The molecule has 1 saturated carbocycles. The first-order valence-electron chi connectivity index (χ1n) is 10.3. The first kappa shape index (κ1) is 19.9. The maximum Gasteiger partial charge on any atom is 0.257 e. The van der Waals surface area contributed by atoms with Gasteiger partial charge < -0.3 is 10.2 Å². The smallest absolute Gasteiger partial charge is 0.257 e. The minimum absolute atomic E-state index is 0.0278. The molecule has 0 saturated heterocycles. The third kappa shape index (κ3) is 4.43. The second-order valence-corrected chi connectivity index (χ2v) is 7.72. The van der Waals surface area contributed by atoms with Crippen LogP contribution in [0.15, 0.2) is 60.8 Å². The van der Waals surface area contributed by atoms with Gasteiger partial charge in [0.15, 0.2) is 0 Å². The summed E-state index contributed by atoms with van der Waals surface area (Å²) in [6.07, 6.45) is 4.73. The molecule has 6 nitrogen and oxygen atoms in total. The molecule has 0 spiro atoms. The summed E-state index contributed by atoms with van der Waals surface area (Å²) in [5, 5.41) is 7.64. The molecule has 1 aliphatic carbocycles. The molecule has 0 bridgehead atoms. The van der Waals surface area contributed by atoms with Crippen LogP contribution in [0.3, 0.4) is 0 Å². The van der Waals surface area contributed by atoms with Crippen LogP contribution in [0.25, 0.3) is 16.9 Å². The molecule has 1 aliphatic rings. The average molecular weight is 402 g/mol. The molecule has 2 amide bonds. The normalized spacial score (nSPS) is 13.1. The van der Waals surface area contributed by atoms with Gasteiger partial charge in [-0.1, -0.05) is 49.4 Å². The number of benzene rings is 2. The molecule has 6 heteroatoms. The van der Waals surface area contributed by atoms with E-state index >= 15 is 0 Å². The van der Waals surface area contributed by atoms with E-state index in [-0.39, 0.29) is 24.4 Å². The maximum absolute atomic E-state index is 13.2. The predicted molar refractivity (Wildman–Crippen MR) is 117 cm³/mol. The topological polar surface area (TPSA) is 67.2 Å². The van der Waals surface area contributed by atoms with E-state index in [1.54, 1.807) is 17.9 Å². The largest absolute Gasteiger partial charge is 0.352 e. The van der Waals surface area contributed by atoms with E-state index in [2.05, 4.69) is 24.4 Å². The molecule has 1 aromatic heterocycles.